The lowest BCUT2D eigenvalue weighted by Gasteiger charge is -2.21. The van der Waals surface area contributed by atoms with E-state index in [4.69, 9.17) is 22.9 Å². The summed E-state index contributed by atoms with van der Waals surface area (Å²) >= 11 is 3.93. The van der Waals surface area contributed by atoms with E-state index >= 15 is 0 Å². The van der Waals surface area contributed by atoms with Gasteiger partial charge in [0.05, 0.1) is 12.6 Å². The molecule has 0 aromatic heterocycles. The van der Waals surface area contributed by atoms with Crippen LogP contribution in [0.4, 0.5) is 0 Å². The van der Waals surface area contributed by atoms with Crippen LogP contribution in [0.15, 0.2) is 29.3 Å². The standard InChI is InChI=1S/C20H32N8O5S/c21-13(2-1-7-25-20(23)24)18(32)28-14(8-11-3-5-12(29)6-4-11)19(33)26-9-16(30)27-15(10-34)17(22)31/h3-6,13-15,29,34H,1-2,7-10,21H2,(H2,22,31)(H,26,33)(H,27,30)(H,28,32)(H4,23,24,25)/t13-,14-,15-/m0/s1. The summed E-state index contributed by atoms with van der Waals surface area (Å²) in [5, 5.41) is 16.8. The number of carbonyl (C=O) groups is 4. The molecule has 0 saturated carbocycles. The second kappa shape index (κ2) is 14.6. The number of aromatic hydroxyl groups is 1. The summed E-state index contributed by atoms with van der Waals surface area (Å²) in [6.45, 7) is -0.155. The number of phenolic OH excluding ortho intramolecular Hbond substituents is 1. The van der Waals surface area contributed by atoms with Crippen molar-refractivity contribution in [1.82, 2.24) is 16.0 Å². The molecule has 0 unspecified atom stereocenters. The van der Waals surface area contributed by atoms with Gasteiger partial charge in [0.2, 0.25) is 23.6 Å². The van der Waals surface area contributed by atoms with Gasteiger partial charge in [-0.3, -0.25) is 24.2 Å². The average Bonchev–Trinajstić information content (AvgIpc) is 2.78. The van der Waals surface area contributed by atoms with Gasteiger partial charge in [-0.05, 0) is 30.5 Å². The molecule has 0 fully saturated rings. The Morgan fingerprint density at radius 2 is 1.65 bits per heavy atom. The van der Waals surface area contributed by atoms with E-state index in [1.54, 1.807) is 12.1 Å². The first-order valence-electron chi connectivity index (χ1n) is 10.4. The molecular formula is C20H32N8O5S. The van der Waals surface area contributed by atoms with Crippen LogP contribution in [0.3, 0.4) is 0 Å². The first kappa shape index (κ1) is 28.5. The van der Waals surface area contributed by atoms with Gasteiger partial charge >= 0.3 is 0 Å². The first-order valence-corrected chi connectivity index (χ1v) is 11.0. The lowest BCUT2D eigenvalue weighted by atomic mass is 10.0. The van der Waals surface area contributed by atoms with Crippen LogP contribution >= 0.6 is 12.6 Å². The molecule has 34 heavy (non-hydrogen) atoms. The van der Waals surface area contributed by atoms with Crippen molar-refractivity contribution in [2.75, 3.05) is 18.8 Å². The normalized spacial score (nSPS) is 13.1. The number of thiol groups is 1. The molecule has 13 nitrogen and oxygen atoms in total. The minimum Gasteiger partial charge on any atom is -0.508 e. The zero-order valence-corrected chi connectivity index (χ0v) is 19.5. The number of guanidine groups is 1. The van der Waals surface area contributed by atoms with E-state index in [1.165, 1.54) is 12.1 Å². The Kier molecular flexibility index (Phi) is 12.2. The Hall–Kier alpha value is -3.52. The lowest BCUT2D eigenvalue weighted by Crippen LogP contribution is -2.54. The molecule has 1 rings (SSSR count). The van der Waals surface area contributed by atoms with Crippen LogP contribution in [0.2, 0.25) is 0 Å². The van der Waals surface area contributed by atoms with E-state index in [0.29, 0.717) is 18.5 Å². The van der Waals surface area contributed by atoms with Crippen molar-refractivity contribution in [3.63, 3.8) is 0 Å². The molecule has 0 spiro atoms. The van der Waals surface area contributed by atoms with Gasteiger partial charge in [0.25, 0.3) is 0 Å². The van der Waals surface area contributed by atoms with Crippen molar-refractivity contribution in [3.05, 3.63) is 29.8 Å². The van der Waals surface area contributed by atoms with Crippen molar-refractivity contribution >= 4 is 42.2 Å². The monoisotopic (exact) mass is 496 g/mol. The smallest absolute Gasteiger partial charge is 0.243 e. The van der Waals surface area contributed by atoms with Gasteiger partial charge in [-0.1, -0.05) is 12.1 Å². The summed E-state index contributed by atoms with van der Waals surface area (Å²) in [6.07, 6.45) is 0.797. The molecule has 0 bridgehead atoms. The summed E-state index contributed by atoms with van der Waals surface area (Å²) in [5.74, 6) is -2.66. The molecule has 1 aromatic rings. The second-order valence-corrected chi connectivity index (χ2v) is 7.78. The number of rotatable bonds is 14. The Bertz CT molecular complexity index is 876. The summed E-state index contributed by atoms with van der Waals surface area (Å²) in [4.78, 5) is 52.4. The first-order chi connectivity index (χ1) is 16.0. The van der Waals surface area contributed by atoms with Crippen LogP contribution in [0.1, 0.15) is 18.4 Å². The zero-order chi connectivity index (χ0) is 25.7. The highest BCUT2D eigenvalue weighted by molar-refractivity contribution is 7.80. The van der Waals surface area contributed by atoms with Gasteiger partial charge in [-0.25, -0.2) is 0 Å². The zero-order valence-electron chi connectivity index (χ0n) is 18.6. The topological polar surface area (TPSA) is 241 Å². The highest BCUT2D eigenvalue weighted by atomic mass is 32.1. The molecule has 0 radical (unpaired) electrons. The minimum atomic E-state index is -1.06. The fraction of sp³-hybridized carbons (Fsp3) is 0.450. The highest BCUT2D eigenvalue weighted by Gasteiger charge is 2.25. The molecule has 188 valence electrons. The van der Waals surface area contributed by atoms with E-state index in [0.717, 1.165) is 0 Å². The SMILES string of the molecule is NC(=O)[C@H](CS)NC(=O)CNC(=O)[C@H](Cc1ccc(O)cc1)NC(=O)[C@@H](N)CCCN=C(N)N. The number of aliphatic imine (C=N–C) groups is 1. The molecule has 3 atom stereocenters. The van der Waals surface area contributed by atoms with Crippen molar-refractivity contribution in [2.24, 2.45) is 27.9 Å². The molecule has 14 heteroatoms. The van der Waals surface area contributed by atoms with E-state index in [-0.39, 0.29) is 30.3 Å². The van der Waals surface area contributed by atoms with Crippen molar-refractivity contribution in [3.8, 4) is 5.75 Å². The number of benzene rings is 1. The van der Waals surface area contributed by atoms with Crippen molar-refractivity contribution in [2.45, 2.75) is 37.4 Å². The molecule has 0 saturated heterocycles. The Morgan fingerprint density at radius 1 is 1.00 bits per heavy atom. The second-order valence-electron chi connectivity index (χ2n) is 7.41. The third-order valence-corrected chi connectivity index (χ3v) is 4.96. The summed E-state index contributed by atoms with van der Waals surface area (Å²) in [5.41, 5.74) is 22.2. The van der Waals surface area contributed by atoms with Gasteiger partial charge in [0.15, 0.2) is 5.96 Å². The maximum atomic E-state index is 12.8. The van der Waals surface area contributed by atoms with Crippen molar-refractivity contribution < 1.29 is 24.3 Å². The third-order valence-electron chi connectivity index (χ3n) is 4.60. The summed E-state index contributed by atoms with van der Waals surface area (Å²) in [7, 11) is 0. The third kappa shape index (κ3) is 10.9. The largest absolute Gasteiger partial charge is 0.508 e. The Morgan fingerprint density at radius 3 is 2.21 bits per heavy atom. The van der Waals surface area contributed by atoms with Gasteiger partial charge in [-0.2, -0.15) is 12.6 Å². The Balaban J connectivity index is 2.79. The van der Waals surface area contributed by atoms with Gasteiger partial charge < -0.3 is 44.0 Å². The van der Waals surface area contributed by atoms with Crippen LogP contribution in [-0.4, -0.2) is 71.7 Å². The fourth-order valence-electron chi connectivity index (χ4n) is 2.75. The predicted molar refractivity (Wildman–Crippen MR) is 130 cm³/mol. The molecule has 0 aliphatic heterocycles. The maximum Gasteiger partial charge on any atom is 0.243 e. The molecule has 0 aliphatic carbocycles. The average molecular weight is 497 g/mol. The molecule has 4 amide bonds. The van der Waals surface area contributed by atoms with E-state index in [2.05, 4.69) is 33.6 Å². The van der Waals surface area contributed by atoms with Gasteiger partial charge in [-0.15, -0.1) is 0 Å². The number of primary amides is 1. The number of nitrogens with two attached hydrogens (primary N) is 4. The number of hydrogen-bond acceptors (Lipinski definition) is 8. The summed E-state index contributed by atoms with van der Waals surface area (Å²) < 4.78 is 0. The van der Waals surface area contributed by atoms with Crippen LogP contribution in [0.5, 0.6) is 5.75 Å². The summed E-state index contributed by atoms with van der Waals surface area (Å²) in [6, 6.07) is 3.09. The van der Waals surface area contributed by atoms with Gasteiger partial charge in [0, 0.05) is 18.7 Å². The number of phenols is 1. The predicted octanol–water partition coefficient (Wildman–Crippen LogP) is -3.18. The maximum absolute atomic E-state index is 12.8. The fourth-order valence-corrected chi connectivity index (χ4v) is 3.02. The van der Waals surface area contributed by atoms with Crippen LogP contribution in [0.25, 0.3) is 0 Å². The van der Waals surface area contributed by atoms with E-state index in [1.807, 2.05) is 0 Å². The highest BCUT2D eigenvalue weighted by Crippen LogP contribution is 2.11. The molecule has 0 heterocycles. The molecule has 0 aliphatic rings. The van der Waals surface area contributed by atoms with Crippen LogP contribution in [0, 0.1) is 0 Å². The van der Waals surface area contributed by atoms with E-state index < -0.39 is 48.3 Å². The number of nitrogens with zero attached hydrogens (tertiary/aromatic N) is 1. The number of nitrogens with one attached hydrogen (secondary N) is 3. The minimum absolute atomic E-state index is 0.00434. The van der Waals surface area contributed by atoms with Crippen LogP contribution in [-0.2, 0) is 25.6 Å². The van der Waals surface area contributed by atoms with E-state index in [9.17, 15) is 24.3 Å². The quantitative estimate of drug-likeness (QED) is 0.0549. The number of amides is 4. The molecule has 12 N–H and O–H groups in total. The lowest BCUT2D eigenvalue weighted by molar-refractivity contribution is -0.131. The molecular weight excluding hydrogens is 464 g/mol. The Labute approximate surface area is 202 Å². The molecule has 1 aromatic carbocycles. The van der Waals surface area contributed by atoms with Gasteiger partial charge in [0.1, 0.15) is 17.8 Å². The van der Waals surface area contributed by atoms with Crippen LogP contribution < -0.4 is 38.9 Å². The van der Waals surface area contributed by atoms with Crippen molar-refractivity contribution in [1.29, 1.82) is 0 Å². The number of carbonyl (C=O) groups excluding carboxylic acids is 4. The number of hydrogen-bond donors (Lipinski definition) is 9.